The van der Waals surface area contributed by atoms with Gasteiger partial charge in [-0.05, 0) is 44.9 Å². The van der Waals surface area contributed by atoms with Crippen LogP contribution in [0, 0.1) is 12.7 Å². The van der Waals surface area contributed by atoms with E-state index in [1.54, 1.807) is 13.0 Å². The van der Waals surface area contributed by atoms with Crippen molar-refractivity contribution >= 4 is 10.0 Å². The maximum absolute atomic E-state index is 13.8. The first-order chi connectivity index (χ1) is 10.8. The average Bonchev–Trinajstić information content (AvgIpc) is 2.46. The molecule has 1 aromatic carbocycles. The number of hydrogen-bond acceptors (Lipinski definition) is 4. The van der Waals surface area contributed by atoms with Crippen LogP contribution in [0.15, 0.2) is 23.1 Å². The molecule has 1 N–H and O–H groups in total. The molecule has 0 aliphatic carbocycles. The molecule has 2 rings (SSSR count). The summed E-state index contributed by atoms with van der Waals surface area (Å²) in [5.41, 5.74) is 0.686. The highest BCUT2D eigenvalue weighted by molar-refractivity contribution is 7.89. The summed E-state index contributed by atoms with van der Waals surface area (Å²) in [6.07, 6.45) is 0.562. The van der Waals surface area contributed by atoms with E-state index in [0.717, 1.165) is 13.1 Å². The van der Waals surface area contributed by atoms with Crippen molar-refractivity contribution < 1.29 is 17.5 Å². The fraction of sp³-hybridized carbons (Fsp3) is 0.625. The molecule has 1 unspecified atom stereocenters. The van der Waals surface area contributed by atoms with Crippen molar-refractivity contribution in [3.63, 3.8) is 0 Å². The highest BCUT2D eigenvalue weighted by Gasteiger charge is 2.23. The van der Waals surface area contributed by atoms with E-state index in [0.29, 0.717) is 24.6 Å². The van der Waals surface area contributed by atoms with Gasteiger partial charge in [0.25, 0.3) is 0 Å². The maximum Gasteiger partial charge on any atom is 0.243 e. The minimum absolute atomic E-state index is 0.00304. The second kappa shape index (κ2) is 7.70. The molecule has 1 saturated heterocycles. The Morgan fingerprint density at radius 1 is 1.43 bits per heavy atom. The van der Waals surface area contributed by atoms with Gasteiger partial charge in [0.1, 0.15) is 10.7 Å². The summed E-state index contributed by atoms with van der Waals surface area (Å²) in [6.45, 7) is 8.55. The van der Waals surface area contributed by atoms with E-state index < -0.39 is 15.8 Å². The number of benzene rings is 1. The summed E-state index contributed by atoms with van der Waals surface area (Å²) in [7, 11) is -3.83. The van der Waals surface area contributed by atoms with Crippen LogP contribution in [0.3, 0.4) is 0 Å². The minimum atomic E-state index is -3.83. The Labute approximate surface area is 137 Å². The summed E-state index contributed by atoms with van der Waals surface area (Å²) in [6, 6.07) is 4.55. The molecule has 0 radical (unpaired) electrons. The molecule has 1 atom stereocenters. The van der Waals surface area contributed by atoms with Crippen molar-refractivity contribution in [2.75, 3.05) is 26.2 Å². The molecule has 1 aromatic rings. The van der Waals surface area contributed by atoms with Gasteiger partial charge in [-0.1, -0.05) is 6.07 Å². The number of nitrogens with one attached hydrogen (secondary N) is 1. The number of morpholine rings is 1. The summed E-state index contributed by atoms with van der Waals surface area (Å²) in [5.74, 6) is -0.725. The van der Waals surface area contributed by atoms with Gasteiger partial charge >= 0.3 is 0 Å². The van der Waals surface area contributed by atoms with Crippen molar-refractivity contribution in [2.45, 2.75) is 44.2 Å². The Balaban J connectivity index is 1.90. The van der Waals surface area contributed by atoms with Crippen LogP contribution in [-0.2, 0) is 14.8 Å². The van der Waals surface area contributed by atoms with E-state index in [4.69, 9.17) is 4.74 Å². The summed E-state index contributed by atoms with van der Waals surface area (Å²) in [5, 5.41) is 0. The van der Waals surface area contributed by atoms with Crippen LogP contribution in [0.1, 0.15) is 25.8 Å². The number of ether oxygens (including phenoxy) is 1. The lowest BCUT2D eigenvalue weighted by atomic mass is 10.2. The summed E-state index contributed by atoms with van der Waals surface area (Å²) < 4.78 is 46.3. The van der Waals surface area contributed by atoms with Crippen molar-refractivity contribution in [3.05, 3.63) is 29.6 Å². The molecule has 0 spiro atoms. The third-order valence-electron chi connectivity index (χ3n) is 4.04. The van der Waals surface area contributed by atoms with Crippen LogP contribution in [0.25, 0.3) is 0 Å². The van der Waals surface area contributed by atoms with Crippen LogP contribution in [-0.4, -0.2) is 51.7 Å². The first-order valence-electron chi connectivity index (χ1n) is 7.91. The van der Waals surface area contributed by atoms with Crippen LogP contribution in [0.4, 0.5) is 4.39 Å². The highest BCUT2D eigenvalue weighted by Crippen LogP contribution is 2.16. The molecule has 0 amide bonds. The highest BCUT2D eigenvalue weighted by atomic mass is 32.2. The molecule has 0 aromatic heterocycles. The predicted octanol–water partition coefficient (Wildman–Crippen LogP) is 1.91. The lowest BCUT2D eigenvalue weighted by molar-refractivity contribution is -0.0409. The summed E-state index contributed by atoms with van der Waals surface area (Å²) in [4.78, 5) is 2.00. The fourth-order valence-corrected chi connectivity index (χ4v) is 3.75. The molecule has 130 valence electrons. The van der Waals surface area contributed by atoms with E-state index >= 15 is 0 Å². The van der Waals surface area contributed by atoms with Crippen LogP contribution in [0.2, 0.25) is 0 Å². The minimum Gasteiger partial charge on any atom is -0.376 e. The zero-order chi connectivity index (χ0) is 17.0. The number of hydrogen-bond donors (Lipinski definition) is 1. The van der Waals surface area contributed by atoms with Gasteiger partial charge in [-0.25, -0.2) is 17.5 Å². The molecule has 5 nitrogen and oxygen atoms in total. The van der Waals surface area contributed by atoms with E-state index in [1.807, 2.05) is 0 Å². The van der Waals surface area contributed by atoms with Crippen molar-refractivity contribution in [1.82, 2.24) is 9.62 Å². The molecule has 1 aliphatic heterocycles. The molecule has 23 heavy (non-hydrogen) atoms. The normalized spacial score (nSPS) is 20.1. The third kappa shape index (κ3) is 4.97. The largest absolute Gasteiger partial charge is 0.376 e. The van der Waals surface area contributed by atoms with Gasteiger partial charge in [-0.3, -0.25) is 4.90 Å². The average molecular weight is 344 g/mol. The second-order valence-electron chi connectivity index (χ2n) is 6.20. The Bertz CT molecular complexity index is 634. The topological polar surface area (TPSA) is 58.6 Å². The van der Waals surface area contributed by atoms with Crippen molar-refractivity contribution in [1.29, 1.82) is 0 Å². The van der Waals surface area contributed by atoms with Gasteiger partial charge < -0.3 is 4.74 Å². The fourth-order valence-electron chi connectivity index (χ4n) is 2.64. The van der Waals surface area contributed by atoms with Crippen LogP contribution in [0.5, 0.6) is 0 Å². The number of sulfonamides is 1. The number of halogens is 1. The lowest BCUT2D eigenvalue weighted by Gasteiger charge is -2.35. The van der Waals surface area contributed by atoms with E-state index in [2.05, 4.69) is 23.5 Å². The van der Waals surface area contributed by atoms with Crippen molar-refractivity contribution in [3.8, 4) is 0 Å². The van der Waals surface area contributed by atoms with Crippen LogP contribution < -0.4 is 4.72 Å². The third-order valence-corrected chi connectivity index (χ3v) is 5.53. The van der Waals surface area contributed by atoms with Gasteiger partial charge in [0.15, 0.2) is 0 Å². The Morgan fingerprint density at radius 2 is 2.17 bits per heavy atom. The van der Waals surface area contributed by atoms with Gasteiger partial charge in [0.2, 0.25) is 10.0 Å². The maximum atomic E-state index is 13.8. The first-order valence-corrected chi connectivity index (χ1v) is 9.39. The molecule has 1 heterocycles. The monoisotopic (exact) mass is 344 g/mol. The zero-order valence-electron chi connectivity index (χ0n) is 13.9. The van der Waals surface area contributed by atoms with E-state index in [-0.39, 0.29) is 17.5 Å². The molecule has 0 saturated carbocycles. The first kappa shape index (κ1) is 18.3. The Morgan fingerprint density at radius 3 is 2.83 bits per heavy atom. The second-order valence-corrected chi connectivity index (χ2v) is 7.94. The smallest absolute Gasteiger partial charge is 0.243 e. The predicted molar refractivity (Wildman–Crippen MR) is 87.4 cm³/mol. The SMILES string of the molecule is Cc1ccc(S(=O)(=O)NCCC2CN(C(C)C)CCO2)c(F)c1. The molecule has 1 aliphatic rings. The van der Waals surface area contributed by atoms with Crippen LogP contribution >= 0.6 is 0 Å². The molecule has 7 heteroatoms. The molecule has 0 bridgehead atoms. The number of aryl methyl sites for hydroxylation is 1. The molecular formula is C16H25FN2O3S. The van der Waals surface area contributed by atoms with Gasteiger partial charge in [-0.2, -0.15) is 0 Å². The van der Waals surface area contributed by atoms with Gasteiger partial charge in [0.05, 0.1) is 12.7 Å². The Hall–Kier alpha value is -1.02. The van der Waals surface area contributed by atoms with Gasteiger partial charge in [0, 0.05) is 25.7 Å². The van der Waals surface area contributed by atoms with Gasteiger partial charge in [-0.15, -0.1) is 0 Å². The van der Waals surface area contributed by atoms with E-state index in [9.17, 15) is 12.8 Å². The number of rotatable bonds is 6. The summed E-state index contributed by atoms with van der Waals surface area (Å²) >= 11 is 0. The molecule has 1 fully saturated rings. The van der Waals surface area contributed by atoms with Crippen molar-refractivity contribution in [2.24, 2.45) is 0 Å². The quantitative estimate of drug-likeness (QED) is 0.856. The van der Waals surface area contributed by atoms with E-state index in [1.165, 1.54) is 12.1 Å². The zero-order valence-corrected chi connectivity index (χ0v) is 14.7. The standard InChI is InChI=1S/C16H25FN2O3S/c1-12(2)19-8-9-22-14(11-19)6-7-18-23(20,21)16-5-4-13(3)10-15(16)17/h4-5,10,12,14,18H,6-9,11H2,1-3H3. The lowest BCUT2D eigenvalue weighted by Crippen LogP contribution is -2.46. The Kier molecular flexibility index (Phi) is 6.13. The number of nitrogens with zero attached hydrogens (tertiary/aromatic N) is 1. The molecular weight excluding hydrogens is 319 g/mol.